The number of thiophene rings is 1. The monoisotopic (exact) mass is 447 g/mol. The Morgan fingerprint density at radius 3 is 2.74 bits per heavy atom. The number of urea groups is 1. The number of amides is 4. The molecule has 2 fully saturated rings. The maximum absolute atomic E-state index is 13.1. The van der Waals surface area contributed by atoms with Gasteiger partial charge in [0.15, 0.2) is 0 Å². The molecule has 0 bridgehead atoms. The number of esters is 1. The van der Waals surface area contributed by atoms with E-state index in [9.17, 15) is 19.2 Å². The third-order valence-electron chi connectivity index (χ3n) is 6.96. The number of nitrogens with one attached hydrogen (secondary N) is 2. The maximum atomic E-state index is 13.1. The summed E-state index contributed by atoms with van der Waals surface area (Å²) in [6, 6.07) is -0.526. The van der Waals surface area contributed by atoms with Crippen molar-refractivity contribution in [3.8, 4) is 0 Å². The van der Waals surface area contributed by atoms with Crippen molar-refractivity contribution < 1.29 is 23.9 Å². The summed E-state index contributed by atoms with van der Waals surface area (Å²) < 4.78 is 4.95. The van der Waals surface area contributed by atoms with Crippen LogP contribution in [0.2, 0.25) is 0 Å². The van der Waals surface area contributed by atoms with Crippen LogP contribution in [0.1, 0.15) is 66.8 Å². The quantitative estimate of drug-likeness (QED) is 0.545. The predicted octanol–water partition coefficient (Wildman–Crippen LogP) is 3.10. The molecule has 31 heavy (non-hydrogen) atoms. The summed E-state index contributed by atoms with van der Waals surface area (Å²) >= 11 is 1.38. The van der Waals surface area contributed by atoms with E-state index in [2.05, 4.69) is 17.6 Å². The first-order valence-corrected chi connectivity index (χ1v) is 11.7. The van der Waals surface area contributed by atoms with Crippen LogP contribution in [0.15, 0.2) is 0 Å². The summed E-state index contributed by atoms with van der Waals surface area (Å²) in [7, 11) is 1.32. The minimum absolute atomic E-state index is 0.0303. The molecule has 1 saturated heterocycles. The molecule has 0 unspecified atom stereocenters. The van der Waals surface area contributed by atoms with Gasteiger partial charge in [0.2, 0.25) is 5.91 Å². The lowest BCUT2D eigenvalue weighted by Crippen LogP contribution is -2.54. The van der Waals surface area contributed by atoms with E-state index in [1.807, 2.05) is 6.92 Å². The highest BCUT2D eigenvalue weighted by Gasteiger charge is 2.55. The molecule has 168 valence electrons. The molecule has 1 spiro atoms. The summed E-state index contributed by atoms with van der Waals surface area (Å²) in [6.45, 7) is 3.76. The van der Waals surface area contributed by atoms with Crippen LogP contribution >= 0.6 is 11.3 Å². The Kier molecular flexibility index (Phi) is 5.81. The fourth-order valence-electron chi connectivity index (χ4n) is 5.11. The molecule has 4 amide bonds. The molecule has 1 aromatic heterocycles. The van der Waals surface area contributed by atoms with Gasteiger partial charge in [0.1, 0.15) is 17.1 Å². The number of methoxy groups -OCH3 is 1. The van der Waals surface area contributed by atoms with E-state index in [-0.39, 0.29) is 18.4 Å². The molecule has 3 aliphatic rings. The fraction of sp³-hybridized carbons (Fsp3) is 0.636. The number of hydrogen-bond donors (Lipinski definition) is 2. The van der Waals surface area contributed by atoms with Crippen molar-refractivity contribution in [3.05, 3.63) is 16.0 Å². The molecule has 0 radical (unpaired) electrons. The van der Waals surface area contributed by atoms with Crippen molar-refractivity contribution in [1.29, 1.82) is 0 Å². The van der Waals surface area contributed by atoms with Gasteiger partial charge in [-0.05, 0) is 49.5 Å². The van der Waals surface area contributed by atoms with E-state index in [0.717, 1.165) is 53.9 Å². The van der Waals surface area contributed by atoms with Gasteiger partial charge >= 0.3 is 12.0 Å². The number of ether oxygens (including phenoxy) is 1. The van der Waals surface area contributed by atoms with Crippen molar-refractivity contribution in [2.24, 2.45) is 11.8 Å². The molecule has 1 aliphatic heterocycles. The number of hydrogen-bond acceptors (Lipinski definition) is 6. The second kappa shape index (κ2) is 8.26. The molecule has 2 aliphatic carbocycles. The Balaban J connectivity index is 1.52. The van der Waals surface area contributed by atoms with Crippen molar-refractivity contribution in [1.82, 2.24) is 10.2 Å². The maximum Gasteiger partial charge on any atom is 0.341 e. The molecular formula is C22H29N3O5S. The predicted molar refractivity (Wildman–Crippen MR) is 116 cm³/mol. The van der Waals surface area contributed by atoms with Crippen LogP contribution < -0.4 is 10.6 Å². The highest BCUT2D eigenvalue weighted by atomic mass is 32.1. The molecule has 2 heterocycles. The Morgan fingerprint density at radius 1 is 1.26 bits per heavy atom. The lowest BCUT2D eigenvalue weighted by molar-refractivity contribution is -0.136. The summed E-state index contributed by atoms with van der Waals surface area (Å²) in [5.41, 5.74) is 0.442. The minimum atomic E-state index is -0.898. The number of nitrogens with zero attached hydrogens (tertiary/aromatic N) is 1. The zero-order valence-electron chi connectivity index (χ0n) is 18.2. The summed E-state index contributed by atoms with van der Waals surface area (Å²) in [5, 5.41) is 6.06. The van der Waals surface area contributed by atoms with E-state index in [4.69, 9.17) is 4.74 Å². The molecule has 0 aromatic carbocycles. The van der Waals surface area contributed by atoms with Crippen molar-refractivity contribution in [2.75, 3.05) is 19.0 Å². The Bertz CT molecular complexity index is 942. The van der Waals surface area contributed by atoms with Gasteiger partial charge in [-0.15, -0.1) is 11.3 Å². The molecule has 2 N–H and O–H groups in total. The highest BCUT2D eigenvalue weighted by Crippen LogP contribution is 2.41. The van der Waals surface area contributed by atoms with Crippen LogP contribution in [0.3, 0.4) is 0 Å². The minimum Gasteiger partial charge on any atom is -0.465 e. The van der Waals surface area contributed by atoms with E-state index in [1.54, 1.807) is 0 Å². The highest BCUT2D eigenvalue weighted by molar-refractivity contribution is 7.17. The zero-order chi connectivity index (χ0) is 22.3. The molecule has 1 aromatic rings. The molecule has 1 saturated carbocycles. The molecule has 9 heteroatoms. The topological polar surface area (TPSA) is 105 Å². The molecule has 4 rings (SSSR count). The van der Waals surface area contributed by atoms with E-state index in [1.165, 1.54) is 18.4 Å². The van der Waals surface area contributed by atoms with Crippen LogP contribution in [0, 0.1) is 11.8 Å². The summed E-state index contributed by atoms with van der Waals surface area (Å²) in [5.74, 6) is -0.761. The second-order valence-corrected chi connectivity index (χ2v) is 10.1. The zero-order valence-corrected chi connectivity index (χ0v) is 19.0. The first-order chi connectivity index (χ1) is 14.8. The number of carbonyl (C=O) groups excluding carboxylic acids is 4. The summed E-state index contributed by atoms with van der Waals surface area (Å²) in [4.78, 5) is 53.0. The number of fused-ring (bicyclic) bond motifs is 1. The third kappa shape index (κ3) is 3.73. The van der Waals surface area contributed by atoms with Gasteiger partial charge < -0.3 is 15.4 Å². The van der Waals surface area contributed by atoms with Crippen molar-refractivity contribution in [3.63, 3.8) is 0 Å². The van der Waals surface area contributed by atoms with Gasteiger partial charge in [0.25, 0.3) is 5.91 Å². The van der Waals surface area contributed by atoms with E-state index >= 15 is 0 Å². The number of carbonyl (C=O) groups is 4. The van der Waals surface area contributed by atoms with Crippen LogP contribution in [0.5, 0.6) is 0 Å². The first-order valence-electron chi connectivity index (χ1n) is 10.9. The van der Waals surface area contributed by atoms with Crippen molar-refractivity contribution >= 4 is 40.2 Å². The van der Waals surface area contributed by atoms with E-state index < -0.39 is 23.4 Å². The van der Waals surface area contributed by atoms with Gasteiger partial charge in [-0.2, -0.15) is 0 Å². The first kappa shape index (κ1) is 21.8. The van der Waals surface area contributed by atoms with Crippen LogP contribution in [0.25, 0.3) is 0 Å². The van der Waals surface area contributed by atoms with E-state index in [0.29, 0.717) is 22.9 Å². The molecule has 8 nitrogen and oxygen atoms in total. The smallest absolute Gasteiger partial charge is 0.341 e. The van der Waals surface area contributed by atoms with Gasteiger partial charge in [0, 0.05) is 4.88 Å². The lowest BCUT2D eigenvalue weighted by atomic mass is 9.73. The van der Waals surface area contributed by atoms with Crippen LogP contribution in [-0.2, 0) is 27.2 Å². The Morgan fingerprint density at radius 2 is 2.03 bits per heavy atom. The average Bonchev–Trinajstić information content (AvgIpc) is 3.19. The average molecular weight is 448 g/mol. The Hall–Kier alpha value is -2.42. The second-order valence-electron chi connectivity index (χ2n) is 9.04. The van der Waals surface area contributed by atoms with Gasteiger partial charge in [-0.3, -0.25) is 14.5 Å². The Labute approximate surface area is 185 Å². The number of anilines is 1. The lowest BCUT2D eigenvalue weighted by Gasteiger charge is -2.36. The van der Waals surface area contributed by atoms with Crippen molar-refractivity contribution in [2.45, 2.75) is 64.3 Å². The van der Waals surface area contributed by atoms with Crippen LogP contribution in [0.4, 0.5) is 9.80 Å². The van der Waals surface area contributed by atoms with Crippen LogP contribution in [-0.4, -0.2) is 47.9 Å². The third-order valence-corrected chi connectivity index (χ3v) is 8.13. The summed E-state index contributed by atoms with van der Waals surface area (Å²) in [6.07, 6.45) is 5.97. The molecule has 3 atom stereocenters. The SMILES string of the molecule is COC(=O)c1c(NC(=O)CN2C(=O)N[C@]3(CCCC[C@H]3C)C2=O)sc2c1CC[C@@H](C)C2. The molecular weight excluding hydrogens is 418 g/mol. The van der Waals surface area contributed by atoms with Gasteiger partial charge in [0.05, 0.1) is 12.7 Å². The van der Waals surface area contributed by atoms with Gasteiger partial charge in [-0.25, -0.2) is 9.59 Å². The number of imide groups is 1. The fourth-order valence-corrected chi connectivity index (χ4v) is 6.52. The normalized spacial score (nSPS) is 27.8. The standard InChI is InChI=1S/C22H29N3O5S/c1-12-7-8-14-15(10-12)31-18(17(14)19(27)30-3)23-16(26)11-25-20(28)22(24-21(25)29)9-5-4-6-13(22)2/h12-13H,4-11H2,1-3H3,(H,23,26)(H,24,29)/t12-,13-,22+/m1/s1. The van der Waals surface area contributed by atoms with Gasteiger partial charge in [-0.1, -0.05) is 26.7 Å². The largest absolute Gasteiger partial charge is 0.465 e. The number of rotatable bonds is 4.